The summed E-state index contributed by atoms with van der Waals surface area (Å²) in [6, 6.07) is 0. The van der Waals surface area contributed by atoms with Gasteiger partial charge in [-0.25, -0.2) is 0 Å². The third-order valence-electron chi connectivity index (χ3n) is 1.28. The fourth-order valence-electron chi connectivity index (χ4n) is 0.865. The Bertz CT molecular complexity index is 205. The predicted molar refractivity (Wildman–Crippen MR) is 44.8 cm³/mol. The quantitative estimate of drug-likeness (QED) is 0.566. The van der Waals surface area contributed by atoms with Crippen LogP contribution in [-0.4, -0.2) is 52.7 Å². The van der Waals surface area contributed by atoms with Crippen molar-refractivity contribution >= 4 is 12.4 Å². The molecule has 1 aliphatic heterocycles. The molecule has 0 radical (unpaired) electrons. The summed E-state index contributed by atoms with van der Waals surface area (Å²) in [5.74, 6) is -0.792. The van der Waals surface area contributed by atoms with Crippen LogP contribution in [-0.2, 0) is 9.59 Å². The van der Waals surface area contributed by atoms with Gasteiger partial charge < -0.3 is 20.0 Å². The van der Waals surface area contributed by atoms with Crippen LogP contribution in [0.2, 0.25) is 0 Å². The van der Waals surface area contributed by atoms with Crippen molar-refractivity contribution in [1.82, 2.24) is 9.80 Å². The second-order valence-corrected chi connectivity index (χ2v) is 2.44. The maximum atomic E-state index is 10.2. The Kier molecular flexibility index (Phi) is 5.09. The van der Waals surface area contributed by atoms with E-state index in [1.807, 2.05) is 18.1 Å². The number of hydrogen-bond donors (Lipinski definition) is 2. The predicted octanol–water partition coefficient (Wildman–Crippen LogP) is -0.552. The largest absolute Gasteiger partial charge is 0.483 e. The summed E-state index contributed by atoms with van der Waals surface area (Å²) in [5, 5.41) is 15.3. The fourth-order valence-corrected chi connectivity index (χ4v) is 0.865. The van der Waals surface area contributed by atoms with E-state index in [1.165, 1.54) is 0 Å². The summed E-state index contributed by atoms with van der Waals surface area (Å²) in [7, 11) is 1.90. The molecule has 6 nitrogen and oxygen atoms in total. The van der Waals surface area contributed by atoms with E-state index < -0.39 is 5.97 Å². The first kappa shape index (κ1) is 11.3. The maximum absolute atomic E-state index is 10.2. The molecule has 6 heteroatoms. The van der Waals surface area contributed by atoms with Crippen LogP contribution < -0.4 is 0 Å². The normalized spacial score (nSPS) is 13.6. The van der Waals surface area contributed by atoms with Gasteiger partial charge in [0, 0.05) is 19.4 Å². The molecule has 0 amide bonds. The van der Waals surface area contributed by atoms with Gasteiger partial charge in [0.05, 0.1) is 6.67 Å². The number of rotatable bonds is 2. The van der Waals surface area contributed by atoms with Crippen LogP contribution in [0.15, 0.2) is 12.4 Å². The molecule has 74 valence electrons. The van der Waals surface area contributed by atoms with Gasteiger partial charge in [0.2, 0.25) is 0 Å². The highest BCUT2D eigenvalue weighted by Crippen LogP contribution is 2.01. The summed E-state index contributed by atoms with van der Waals surface area (Å²) >= 11 is 0. The number of carboxylic acids is 1. The van der Waals surface area contributed by atoms with Crippen LogP contribution in [0.5, 0.6) is 0 Å². The van der Waals surface area contributed by atoms with Crippen molar-refractivity contribution in [1.29, 1.82) is 0 Å². The van der Waals surface area contributed by atoms with Crippen LogP contribution in [0.1, 0.15) is 0 Å². The highest BCUT2D eigenvalue weighted by Gasteiger charge is 2.10. The first-order valence-corrected chi connectivity index (χ1v) is 3.52. The Morgan fingerprint density at radius 1 is 1.62 bits per heavy atom. The second-order valence-electron chi connectivity index (χ2n) is 2.44. The molecule has 1 heterocycles. The smallest absolute Gasteiger partial charge is 0.323 e. The second kappa shape index (κ2) is 5.87. The molecular formula is C7H12N2O4. The lowest BCUT2D eigenvalue weighted by atomic mass is 10.6. The molecule has 2 N–H and O–H groups in total. The lowest BCUT2D eigenvalue weighted by Gasteiger charge is -2.14. The van der Waals surface area contributed by atoms with Gasteiger partial charge in [-0.3, -0.25) is 9.59 Å². The molecule has 0 spiro atoms. The van der Waals surface area contributed by atoms with Crippen molar-refractivity contribution in [3.8, 4) is 0 Å². The average Bonchev–Trinajstić information content (AvgIpc) is 2.35. The number of carboxylic acid groups (broad SMARTS) is 2. The lowest BCUT2D eigenvalue weighted by molar-refractivity contribution is -0.137. The van der Waals surface area contributed by atoms with Crippen molar-refractivity contribution < 1.29 is 19.8 Å². The van der Waals surface area contributed by atoms with Crippen molar-refractivity contribution in [3.63, 3.8) is 0 Å². The minimum absolute atomic E-state index is 0.0842. The topological polar surface area (TPSA) is 81.1 Å². The van der Waals surface area contributed by atoms with Gasteiger partial charge in [-0.15, -0.1) is 0 Å². The van der Waals surface area contributed by atoms with Gasteiger partial charge in [-0.1, -0.05) is 0 Å². The number of nitrogens with zero attached hydrogens (tertiary/aromatic N) is 2. The number of carbonyl (C=O) groups is 2. The van der Waals surface area contributed by atoms with E-state index in [2.05, 4.69) is 0 Å². The lowest BCUT2D eigenvalue weighted by Crippen LogP contribution is -2.27. The molecule has 0 aliphatic carbocycles. The van der Waals surface area contributed by atoms with E-state index in [4.69, 9.17) is 15.0 Å². The van der Waals surface area contributed by atoms with E-state index in [0.717, 1.165) is 0 Å². The van der Waals surface area contributed by atoms with E-state index in [0.29, 0.717) is 6.67 Å². The van der Waals surface area contributed by atoms with Crippen LogP contribution in [0.3, 0.4) is 0 Å². The zero-order valence-corrected chi connectivity index (χ0v) is 7.25. The average molecular weight is 188 g/mol. The third kappa shape index (κ3) is 5.54. The first-order valence-electron chi connectivity index (χ1n) is 3.52. The molecule has 1 aliphatic rings. The van der Waals surface area contributed by atoms with Gasteiger partial charge in [0.15, 0.2) is 0 Å². The maximum Gasteiger partial charge on any atom is 0.323 e. The molecule has 13 heavy (non-hydrogen) atoms. The van der Waals surface area contributed by atoms with Crippen molar-refractivity contribution in [2.75, 3.05) is 20.3 Å². The molecule has 0 unspecified atom stereocenters. The van der Waals surface area contributed by atoms with Crippen LogP contribution >= 0.6 is 0 Å². The minimum atomic E-state index is -0.792. The monoisotopic (exact) mass is 188 g/mol. The van der Waals surface area contributed by atoms with Crippen LogP contribution in [0.25, 0.3) is 0 Å². The molecule has 0 aromatic rings. The van der Waals surface area contributed by atoms with Gasteiger partial charge in [-0.05, 0) is 0 Å². The van der Waals surface area contributed by atoms with E-state index in [9.17, 15) is 4.79 Å². The zero-order chi connectivity index (χ0) is 10.3. The van der Waals surface area contributed by atoms with Crippen LogP contribution in [0, 0.1) is 0 Å². The Morgan fingerprint density at radius 3 is 2.46 bits per heavy atom. The Hall–Kier alpha value is -1.72. The minimum Gasteiger partial charge on any atom is -0.483 e. The Labute approximate surface area is 75.7 Å². The highest BCUT2D eigenvalue weighted by atomic mass is 16.4. The van der Waals surface area contributed by atoms with E-state index >= 15 is 0 Å². The van der Waals surface area contributed by atoms with Crippen molar-refractivity contribution in [2.24, 2.45) is 0 Å². The van der Waals surface area contributed by atoms with Gasteiger partial charge in [0.25, 0.3) is 6.47 Å². The molecule has 0 aromatic heterocycles. The fraction of sp³-hybridized carbons (Fsp3) is 0.429. The standard InChI is InChI=1S/C6H10N2O2.CH2O2/c1-7-2-3-8(5-7)4-6(9)10;2-1-3/h2-3H,4-5H2,1H3,(H,9,10);1H,(H,2,3). The molecule has 0 saturated heterocycles. The number of aliphatic carboxylic acids is 1. The van der Waals surface area contributed by atoms with Crippen LogP contribution in [0.4, 0.5) is 0 Å². The summed E-state index contributed by atoms with van der Waals surface area (Å²) in [6.45, 7) is 0.507. The van der Waals surface area contributed by atoms with Gasteiger partial charge in [-0.2, -0.15) is 0 Å². The number of hydrogen-bond acceptors (Lipinski definition) is 4. The molecule has 1 rings (SSSR count). The zero-order valence-electron chi connectivity index (χ0n) is 7.25. The first-order chi connectivity index (χ1) is 6.10. The molecule has 0 fully saturated rings. The molecule has 0 aromatic carbocycles. The van der Waals surface area contributed by atoms with Crippen molar-refractivity contribution in [2.45, 2.75) is 0 Å². The molecular weight excluding hydrogens is 176 g/mol. The SMILES string of the molecule is CN1C=CN(CC(=O)O)C1.O=CO. The molecule has 0 bridgehead atoms. The van der Waals surface area contributed by atoms with E-state index in [1.54, 1.807) is 11.1 Å². The van der Waals surface area contributed by atoms with Gasteiger partial charge in [0.1, 0.15) is 6.54 Å². The Balaban J connectivity index is 0.000000424. The molecule has 0 saturated carbocycles. The van der Waals surface area contributed by atoms with Gasteiger partial charge >= 0.3 is 5.97 Å². The Morgan fingerprint density at radius 2 is 2.15 bits per heavy atom. The van der Waals surface area contributed by atoms with E-state index in [-0.39, 0.29) is 13.0 Å². The summed E-state index contributed by atoms with van der Waals surface area (Å²) < 4.78 is 0. The van der Waals surface area contributed by atoms with Crippen molar-refractivity contribution in [3.05, 3.63) is 12.4 Å². The highest BCUT2D eigenvalue weighted by molar-refractivity contribution is 5.69. The summed E-state index contributed by atoms with van der Waals surface area (Å²) in [5.41, 5.74) is 0. The summed E-state index contributed by atoms with van der Waals surface area (Å²) in [4.78, 5) is 22.2. The molecule has 0 atom stereocenters. The summed E-state index contributed by atoms with van der Waals surface area (Å²) in [6.07, 6.45) is 3.62. The third-order valence-corrected chi connectivity index (χ3v) is 1.28.